The second kappa shape index (κ2) is 5.05. The number of hydrogen-bond acceptors (Lipinski definition) is 4. The van der Waals surface area contributed by atoms with Gasteiger partial charge in [0.25, 0.3) is 5.91 Å². The number of aromatic nitrogens is 2. The van der Waals surface area contributed by atoms with Crippen molar-refractivity contribution < 1.29 is 4.79 Å². The lowest BCUT2D eigenvalue weighted by Gasteiger charge is -2.04. The molecule has 4 nitrogen and oxygen atoms in total. The van der Waals surface area contributed by atoms with Crippen LogP contribution in [0.15, 0.2) is 24.3 Å². The first-order valence-electron chi connectivity index (χ1n) is 5.40. The third kappa shape index (κ3) is 2.68. The quantitative estimate of drug-likeness (QED) is 0.907. The SMILES string of the molecule is CCc1nnsc1C(=O)Nc1ccc(C)cc1. The molecule has 1 N–H and O–H groups in total. The van der Waals surface area contributed by atoms with E-state index in [1.54, 1.807) is 0 Å². The fraction of sp³-hybridized carbons (Fsp3) is 0.250. The monoisotopic (exact) mass is 247 g/mol. The summed E-state index contributed by atoms with van der Waals surface area (Å²) in [5, 5.41) is 6.76. The molecule has 5 heteroatoms. The highest BCUT2D eigenvalue weighted by molar-refractivity contribution is 7.08. The molecule has 0 unspecified atom stereocenters. The number of benzene rings is 1. The average molecular weight is 247 g/mol. The van der Waals surface area contributed by atoms with Crippen LogP contribution in [0.1, 0.15) is 27.9 Å². The van der Waals surface area contributed by atoms with Crippen molar-refractivity contribution >= 4 is 23.1 Å². The Kier molecular flexibility index (Phi) is 3.49. The molecule has 1 amide bonds. The first kappa shape index (κ1) is 11.7. The summed E-state index contributed by atoms with van der Waals surface area (Å²) in [5.41, 5.74) is 2.70. The van der Waals surface area contributed by atoms with E-state index >= 15 is 0 Å². The van der Waals surface area contributed by atoms with Crippen LogP contribution in [0.5, 0.6) is 0 Å². The maximum Gasteiger partial charge on any atom is 0.269 e. The molecule has 0 saturated carbocycles. The van der Waals surface area contributed by atoms with E-state index in [-0.39, 0.29) is 5.91 Å². The average Bonchev–Trinajstić information content (AvgIpc) is 2.80. The number of carbonyl (C=O) groups is 1. The molecule has 0 radical (unpaired) electrons. The van der Waals surface area contributed by atoms with Gasteiger partial charge >= 0.3 is 0 Å². The summed E-state index contributed by atoms with van der Waals surface area (Å²) in [6, 6.07) is 7.68. The van der Waals surface area contributed by atoms with E-state index in [1.165, 1.54) is 0 Å². The lowest BCUT2D eigenvalue weighted by Crippen LogP contribution is -2.12. The molecule has 88 valence electrons. The van der Waals surface area contributed by atoms with Gasteiger partial charge in [0.1, 0.15) is 4.88 Å². The van der Waals surface area contributed by atoms with Gasteiger partial charge in [-0.15, -0.1) is 5.10 Å². The summed E-state index contributed by atoms with van der Waals surface area (Å²) in [5.74, 6) is -0.138. The van der Waals surface area contributed by atoms with Gasteiger partial charge in [-0.25, -0.2) is 0 Å². The van der Waals surface area contributed by atoms with Gasteiger partial charge in [-0.3, -0.25) is 4.79 Å². The van der Waals surface area contributed by atoms with Crippen molar-refractivity contribution in [3.05, 3.63) is 40.4 Å². The molecule has 0 bridgehead atoms. The van der Waals surface area contributed by atoms with Crippen LogP contribution >= 0.6 is 11.5 Å². The summed E-state index contributed by atoms with van der Waals surface area (Å²) in [6.07, 6.45) is 0.715. The molecular formula is C12H13N3OS. The summed E-state index contributed by atoms with van der Waals surface area (Å²) in [7, 11) is 0. The maximum absolute atomic E-state index is 12.0. The smallest absolute Gasteiger partial charge is 0.269 e. The van der Waals surface area contributed by atoms with Crippen molar-refractivity contribution in [1.29, 1.82) is 0 Å². The minimum atomic E-state index is -0.138. The Balaban J connectivity index is 2.14. The van der Waals surface area contributed by atoms with E-state index in [4.69, 9.17) is 0 Å². The van der Waals surface area contributed by atoms with Crippen molar-refractivity contribution in [2.45, 2.75) is 20.3 Å². The summed E-state index contributed by atoms with van der Waals surface area (Å²) in [4.78, 5) is 12.5. The molecule has 2 rings (SSSR count). The number of amides is 1. The highest BCUT2D eigenvalue weighted by atomic mass is 32.1. The number of nitrogens with one attached hydrogen (secondary N) is 1. The van der Waals surface area contributed by atoms with Gasteiger partial charge < -0.3 is 5.32 Å². The van der Waals surface area contributed by atoms with Gasteiger partial charge in [0.15, 0.2) is 0 Å². The third-order valence-electron chi connectivity index (χ3n) is 2.41. The van der Waals surface area contributed by atoms with Crippen molar-refractivity contribution in [1.82, 2.24) is 9.59 Å². The molecule has 0 aliphatic carbocycles. The zero-order valence-corrected chi connectivity index (χ0v) is 10.5. The molecule has 0 fully saturated rings. The van der Waals surface area contributed by atoms with Gasteiger partial charge in [0.05, 0.1) is 5.69 Å². The number of rotatable bonds is 3. The fourth-order valence-corrected chi connectivity index (χ4v) is 2.08. The second-order valence-corrected chi connectivity index (χ2v) is 4.48. The topological polar surface area (TPSA) is 54.9 Å². The molecule has 1 aromatic carbocycles. The van der Waals surface area contributed by atoms with Crippen LogP contribution in [0.25, 0.3) is 0 Å². The lowest BCUT2D eigenvalue weighted by molar-refractivity contribution is 0.102. The van der Waals surface area contributed by atoms with E-state index in [0.717, 1.165) is 28.5 Å². The molecule has 0 saturated heterocycles. The van der Waals surface area contributed by atoms with Crippen LogP contribution in [0.3, 0.4) is 0 Å². The Bertz CT molecular complexity index is 519. The zero-order valence-electron chi connectivity index (χ0n) is 9.73. The van der Waals surface area contributed by atoms with Crippen LogP contribution in [0.4, 0.5) is 5.69 Å². The molecule has 1 aromatic heterocycles. The number of hydrogen-bond donors (Lipinski definition) is 1. The van der Waals surface area contributed by atoms with Crippen LogP contribution < -0.4 is 5.32 Å². The standard InChI is InChI=1S/C12H13N3OS/c1-3-10-11(17-15-14-10)12(16)13-9-6-4-8(2)5-7-9/h4-7H,3H2,1-2H3,(H,13,16). The molecule has 17 heavy (non-hydrogen) atoms. The lowest BCUT2D eigenvalue weighted by atomic mass is 10.2. The van der Waals surface area contributed by atoms with Gasteiger partial charge in [-0.1, -0.05) is 29.1 Å². The summed E-state index contributed by atoms with van der Waals surface area (Å²) >= 11 is 1.13. The van der Waals surface area contributed by atoms with Crippen molar-refractivity contribution in [3.8, 4) is 0 Å². The third-order valence-corrected chi connectivity index (χ3v) is 3.17. The predicted molar refractivity (Wildman–Crippen MR) is 68.4 cm³/mol. The van der Waals surface area contributed by atoms with Crippen LogP contribution in [-0.2, 0) is 6.42 Å². The van der Waals surface area contributed by atoms with Crippen LogP contribution in [0.2, 0.25) is 0 Å². The number of aryl methyl sites for hydroxylation is 2. The first-order chi connectivity index (χ1) is 8.20. The molecule has 0 aliphatic rings. The van der Waals surface area contributed by atoms with Crippen LogP contribution in [0, 0.1) is 6.92 Å². The molecule has 0 aliphatic heterocycles. The Labute approximate surface area is 104 Å². The Morgan fingerprint density at radius 2 is 2.06 bits per heavy atom. The van der Waals surface area contributed by atoms with Crippen LogP contribution in [-0.4, -0.2) is 15.5 Å². The minimum absolute atomic E-state index is 0.138. The van der Waals surface area contributed by atoms with Gasteiger partial charge in [-0.05, 0) is 37.0 Å². The van der Waals surface area contributed by atoms with E-state index < -0.39 is 0 Å². The molecule has 0 spiro atoms. The first-order valence-corrected chi connectivity index (χ1v) is 6.17. The minimum Gasteiger partial charge on any atom is -0.321 e. The zero-order chi connectivity index (χ0) is 12.3. The number of carbonyl (C=O) groups excluding carboxylic acids is 1. The largest absolute Gasteiger partial charge is 0.321 e. The predicted octanol–water partition coefficient (Wildman–Crippen LogP) is 2.66. The molecule has 0 atom stereocenters. The van der Waals surface area contributed by atoms with Gasteiger partial charge in [0, 0.05) is 5.69 Å². The summed E-state index contributed by atoms with van der Waals surface area (Å²) < 4.78 is 3.80. The number of nitrogens with zero attached hydrogens (tertiary/aromatic N) is 2. The second-order valence-electron chi connectivity index (χ2n) is 3.72. The van der Waals surface area contributed by atoms with E-state index in [0.29, 0.717) is 11.3 Å². The number of anilines is 1. The van der Waals surface area contributed by atoms with Crippen molar-refractivity contribution in [2.75, 3.05) is 5.32 Å². The van der Waals surface area contributed by atoms with E-state index in [9.17, 15) is 4.79 Å². The Morgan fingerprint density at radius 1 is 1.35 bits per heavy atom. The van der Waals surface area contributed by atoms with E-state index in [2.05, 4.69) is 14.9 Å². The van der Waals surface area contributed by atoms with Crippen molar-refractivity contribution in [2.24, 2.45) is 0 Å². The normalized spacial score (nSPS) is 10.2. The highest BCUT2D eigenvalue weighted by Gasteiger charge is 2.14. The van der Waals surface area contributed by atoms with Crippen molar-refractivity contribution in [3.63, 3.8) is 0 Å². The molecule has 1 heterocycles. The van der Waals surface area contributed by atoms with Gasteiger partial charge in [0.2, 0.25) is 0 Å². The molecular weight excluding hydrogens is 234 g/mol. The Hall–Kier alpha value is -1.75. The maximum atomic E-state index is 12.0. The fourth-order valence-electron chi connectivity index (χ4n) is 1.44. The van der Waals surface area contributed by atoms with Gasteiger partial charge in [-0.2, -0.15) is 0 Å². The Morgan fingerprint density at radius 3 is 2.71 bits per heavy atom. The highest BCUT2D eigenvalue weighted by Crippen LogP contribution is 2.15. The molecule has 2 aromatic rings. The van der Waals surface area contributed by atoms with E-state index in [1.807, 2.05) is 38.1 Å². The summed E-state index contributed by atoms with van der Waals surface area (Å²) in [6.45, 7) is 3.97.